The van der Waals surface area contributed by atoms with Crippen LogP contribution < -0.4 is 0 Å². The Kier molecular flexibility index (Phi) is 9.71. The quantitative estimate of drug-likeness (QED) is 0.131. The molecule has 0 N–H and O–H groups in total. The number of aromatic nitrogens is 2. The summed E-state index contributed by atoms with van der Waals surface area (Å²) in [6.07, 6.45) is 18.2. The summed E-state index contributed by atoms with van der Waals surface area (Å²) >= 11 is 4.35. The molecule has 1 heterocycles. The largest absolute Gasteiger partial charge is 0.228 e. The topological polar surface area (TPSA) is 49.6 Å². The molecule has 0 saturated heterocycles. The molecule has 0 radical (unpaired) electrons. The summed E-state index contributed by atoms with van der Waals surface area (Å²) in [5.41, 5.74) is 17.2. The van der Waals surface area contributed by atoms with E-state index in [2.05, 4.69) is 140 Å². The van der Waals surface area contributed by atoms with Gasteiger partial charge in [0.05, 0.1) is 23.0 Å². The van der Waals surface area contributed by atoms with Crippen LogP contribution in [0, 0.1) is 11.3 Å². The zero-order valence-electron chi connectivity index (χ0n) is 31.6. The molecule has 4 heteroatoms. The predicted molar refractivity (Wildman–Crippen MR) is 235 cm³/mol. The lowest BCUT2D eigenvalue weighted by Gasteiger charge is -2.36. The molecule has 0 bridgehead atoms. The molecule has 3 aliphatic rings. The van der Waals surface area contributed by atoms with E-state index in [-0.39, 0.29) is 11.3 Å². The fraction of sp³-hybridized carbons (Fsp3) is 0.173. The lowest BCUT2D eigenvalue weighted by molar-refractivity contribution is 0.352. The Labute approximate surface area is 335 Å². The first-order valence-corrected chi connectivity index (χ1v) is 20.3. The summed E-state index contributed by atoms with van der Waals surface area (Å²) in [6.45, 7) is 2.02. The van der Waals surface area contributed by atoms with Gasteiger partial charge in [0.2, 0.25) is 0 Å². The third-order valence-electron chi connectivity index (χ3n) is 12.0. The first kappa shape index (κ1) is 35.7. The minimum absolute atomic E-state index is 0.0145. The third kappa shape index (κ3) is 6.47. The van der Waals surface area contributed by atoms with Crippen LogP contribution >= 0.6 is 12.6 Å². The van der Waals surface area contributed by atoms with Gasteiger partial charge in [0.1, 0.15) is 0 Å². The van der Waals surface area contributed by atoms with Crippen molar-refractivity contribution in [1.29, 1.82) is 5.26 Å². The van der Waals surface area contributed by atoms with Crippen LogP contribution in [0.15, 0.2) is 157 Å². The van der Waals surface area contributed by atoms with E-state index in [9.17, 15) is 5.26 Å². The molecule has 3 aliphatic carbocycles. The van der Waals surface area contributed by atoms with Crippen molar-refractivity contribution in [3.05, 3.63) is 191 Å². The first-order valence-electron chi connectivity index (χ1n) is 19.8. The highest BCUT2D eigenvalue weighted by Gasteiger charge is 2.45. The summed E-state index contributed by atoms with van der Waals surface area (Å²) in [7, 11) is 0. The zero-order valence-corrected chi connectivity index (χ0v) is 32.5. The van der Waals surface area contributed by atoms with E-state index in [0.717, 1.165) is 64.0 Å². The van der Waals surface area contributed by atoms with E-state index >= 15 is 0 Å². The van der Waals surface area contributed by atoms with Gasteiger partial charge in [-0.05, 0) is 124 Å². The highest BCUT2D eigenvalue weighted by atomic mass is 32.1. The van der Waals surface area contributed by atoms with E-state index in [0.29, 0.717) is 5.82 Å². The van der Waals surface area contributed by atoms with Gasteiger partial charge in [0.25, 0.3) is 0 Å². The normalized spacial score (nSPS) is 17.1. The van der Waals surface area contributed by atoms with Crippen LogP contribution in [0.4, 0.5) is 0 Å². The van der Waals surface area contributed by atoms with E-state index in [1.165, 1.54) is 58.2 Å². The predicted octanol–water partition coefficient (Wildman–Crippen LogP) is 13.6. The molecule has 1 spiro atoms. The van der Waals surface area contributed by atoms with Crippen molar-refractivity contribution in [2.24, 2.45) is 0 Å². The summed E-state index contributed by atoms with van der Waals surface area (Å²) in [5.74, 6) is 0.945. The highest BCUT2D eigenvalue weighted by Crippen LogP contribution is 2.58. The van der Waals surface area contributed by atoms with Crippen molar-refractivity contribution < 1.29 is 0 Å². The number of nitrogens with zero attached hydrogens (tertiary/aromatic N) is 3. The van der Waals surface area contributed by atoms with Crippen LogP contribution in [0.3, 0.4) is 0 Å². The molecule has 1 unspecified atom stereocenters. The van der Waals surface area contributed by atoms with Gasteiger partial charge in [-0.15, -0.1) is 0 Å². The number of hydrogen-bond donors (Lipinski definition) is 1. The second kappa shape index (κ2) is 15.3. The van der Waals surface area contributed by atoms with Crippen molar-refractivity contribution in [2.75, 3.05) is 0 Å². The molecule has 0 aliphatic heterocycles. The van der Waals surface area contributed by atoms with Crippen molar-refractivity contribution in [3.8, 4) is 51.0 Å². The number of hydrogen-bond acceptors (Lipinski definition) is 4. The first-order chi connectivity index (χ1) is 27.6. The van der Waals surface area contributed by atoms with Crippen LogP contribution in [0.25, 0.3) is 56.0 Å². The maximum Gasteiger partial charge on any atom is 0.160 e. The molecule has 1 fully saturated rings. The van der Waals surface area contributed by atoms with Gasteiger partial charge in [0.15, 0.2) is 5.82 Å². The van der Waals surface area contributed by atoms with Gasteiger partial charge in [-0.2, -0.15) is 17.9 Å². The van der Waals surface area contributed by atoms with Crippen molar-refractivity contribution >= 4 is 23.8 Å². The second-order valence-corrected chi connectivity index (χ2v) is 15.5. The van der Waals surface area contributed by atoms with Crippen LogP contribution in [-0.4, -0.2) is 9.97 Å². The highest BCUT2D eigenvalue weighted by molar-refractivity contribution is 7.83. The summed E-state index contributed by atoms with van der Waals surface area (Å²) < 4.78 is 0. The number of allylic oxidation sites excluding steroid dienone is 7. The molecule has 272 valence electrons. The maximum absolute atomic E-state index is 9.85. The average molecular weight is 742 g/mol. The summed E-state index contributed by atoms with van der Waals surface area (Å²) in [4.78, 5) is 10.0. The Morgan fingerprint density at radius 3 is 2.25 bits per heavy atom. The number of nitriles is 1. The molecular formula is C52H43N3S. The number of rotatable bonds is 7. The molecule has 0 amide bonds. The molecule has 1 atom stereocenters. The number of thiol groups is 1. The summed E-state index contributed by atoms with van der Waals surface area (Å²) in [6, 6.07) is 45.7. The van der Waals surface area contributed by atoms with E-state index in [4.69, 9.17) is 9.97 Å². The van der Waals surface area contributed by atoms with Gasteiger partial charge < -0.3 is 0 Å². The van der Waals surface area contributed by atoms with Gasteiger partial charge in [-0.1, -0.05) is 135 Å². The minimum atomic E-state index is 0.0145. The van der Waals surface area contributed by atoms with Crippen molar-refractivity contribution in [2.45, 2.75) is 56.8 Å². The van der Waals surface area contributed by atoms with Crippen LogP contribution in [-0.2, 0) is 5.41 Å². The minimum Gasteiger partial charge on any atom is -0.228 e. The Balaban J connectivity index is 1.07. The third-order valence-corrected chi connectivity index (χ3v) is 12.2. The van der Waals surface area contributed by atoms with E-state index < -0.39 is 0 Å². The fourth-order valence-corrected chi connectivity index (χ4v) is 9.50. The molecule has 6 aromatic rings. The zero-order chi connectivity index (χ0) is 38.1. The number of benzene rings is 5. The Bertz CT molecular complexity index is 2630. The SMILES string of the molecule is C/C=C(\C=C/S)c1cc(-c2cccc(-c3cccc(C4=CC(c5cccc6c5-c5ccc(C#N)cc5C65CCCCC5)CC=C4)c3)c2)nc(-c2ccccc2)n1. The Morgan fingerprint density at radius 1 is 0.750 bits per heavy atom. The summed E-state index contributed by atoms with van der Waals surface area (Å²) in [5, 5.41) is 11.6. The fourth-order valence-electron chi connectivity index (χ4n) is 9.34. The lowest BCUT2D eigenvalue weighted by Crippen LogP contribution is -2.28. The van der Waals surface area contributed by atoms with Gasteiger partial charge in [-0.3, -0.25) is 0 Å². The van der Waals surface area contributed by atoms with Gasteiger partial charge >= 0.3 is 0 Å². The van der Waals surface area contributed by atoms with E-state index in [1.54, 1.807) is 5.41 Å². The van der Waals surface area contributed by atoms with Crippen LogP contribution in [0.1, 0.15) is 84.9 Å². The molecule has 1 saturated carbocycles. The van der Waals surface area contributed by atoms with Gasteiger partial charge in [0, 0.05) is 22.5 Å². The molecule has 1 aromatic heterocycles. The number of fused-ring (bicyclic) bond motifs is 5. The lowest BCUT2D eigenvalue weighted by atomic mass is 9.67. The van der Waals surface area contributed by atoms with Crippen molar-refractivity contribution in [3.63, 3.8) is 0 Å². The molecule has 3 nitrogen and oxygen atoms in total. The second-order valence-electron chi connectivity index (χ2n) is 15.2. The molecule has 56 heavy (non-hydrogen) atoms. The van der Waals surface area contributed by atoms with E-state index in [1.807, 2.05) is 37.3 Å². The maximum atomic E-state index is 9.85. The molecule has 9 rings (SSSR count). The van der Waals surface area contributed by atoms with Gasteiger partial charge in [-0.25, -0.2) is 9.97 Å². The average Bonchev–Trinajstić information content (AvgIpc) is 3.53. The Morgan fingerprint density at radius 2 is 1.48 bits per heavy atom. The molecular weight excluding hydrogens is 699 g/mol. The standard InChI is InChI=1S/C52H43N3S/c1-2-36(25-28-56)48-33-49(55-51(54-48)37-13-5-3-6-14-37)43-20-11-18-41(32-43)39-16-9-15-38(30-39)40-17-10-19-42(31-40)44-21-12-22-46-50(44)45-24-23-35(34-53)29-47(45)52(46)26-7-4-8-27-52/h2-3,5-6,9-18,20-25,28-33,42,56H,4,7-8,19,26-27H2,1H3/b28-25-,36-2+. The smallest absolute Gasteiger partial charge is 0.160 e. The Hall–Kier alpha value is -6.02. The monoisotopic (exact) mass is 741 g/mol. The van der Waals surface area contributed by atoms with Crippen LogP contribution in [0.5, 0.6) is 0 Å². The van der Waals surface area contributed by atoms with Crippen molar-refractivity contribution in [1.82, 2.24) is 9.97 Å². The molecule has 5 aromatic carbocycles. The van der Waals surface area contributed by atoms with Crippen LogP contribution in [0.2, 0.25) is 0 Å².